The molecule has 0 saturated carbocycles. The lowest BCUT2D eigenvalue weighted by Gasteiger charge is -2.01. The third kappa shape index (κ3) is 2.38. The van der Waals surface area contributed by atoms with Gasteiger partial charge in [0.05, 0.1) is 12.8 Å². The summed E-state index contributed by atoms with van der Waals surface area (Å²) in [5.74, 6) is 0.465. The molecule has 4 nitrogen and oxygen atoms in total. The molecule has 84 valence electrons. The summed E-state index contributed by atoms with van der Waals surface area (Å²) in [5.41, 5.74) is 6.26. The molecule has 1 rings (SSSR count). The Balaban J connectivity index is 3.09. The molecule has 0 bridgehead atoms. The average Bonchev–Trinajstić information content (AvgIpc) is 2.55. The minimum atomic E-state index is -0.140. The van der Waals surface area contributed by atoms with E-state index in [2.05, 4.69) is 5.32 Å². The van der Waals surface area contributed by atoms with E-state index in [-0.39, 0.29) is 5.91 Å². The van der Waals surface area contributed by atoms with Crippen molar-refractivity contribution in [1.82, 2.24) is 5.32 Å². The molecule has 0 saturated heterocycles. The maximum atomic E-state index is 11.6. The topological polar surface area (TPSA) is 64.3 Å². The summed E-state index contributed by atoms with van der Waals surface area (Å²) >= 11 is 2.88. The minimum Gasteiger partial charge on any atom is -0.492 e. The van der Waals surface area contributed by atoms with Crippen molar-refractivity contribution in [3.05, 3.63) is 4.88 Å². The summed E-state index contributed by atoms with van der Waals surface area (Å²) in [6, 6.07) is 0. The summed E-state index contributed by atoms with van der Waals surface area (Å²) in [5, 5.41) is 2.72. The lowest BCUT2D eigenvalue weighted by molar-refractivity contribution is 0.0960. The minimum absolute atomic E-state index is 0.140. The number of hydrogen-bond acceptors (Lipinski definition) is 5. The van der Waals surface area contributed by atoms with Crippen molar-refractivity contribution in [3.63, 3.8) is 0 Å². The molecule has 0 aromatic carbocycles. The number of nitrogens with two attached hydrogens (primary N) is 1. The van der Waals surface area contributed by atoms with Crippen molar-refractivity contribution < 1.29 is 9.53 Å². The number of nitrogens with one attached hydrogen (secondary N) is 1. The molecule has 0 radical (unpaired) electrons. The Labute approximate surface area is 97.2 Å². The van der Waals surface area contributed by atoms with Crippen molar-refractivity contribution in [2.24, 2.45) is 0 Å². The highest BCUT2D eigenvalue weighted by atomic mass is 32.2. The molecule has 15 heavy (non-hydrogen) atoms. The van der Waals surface area contributed by atoms with Gasteiger partial charge < -0.3 is 15.8 Å². The van der Waals surface area contributed by atoms with Crippen LogP contribution in [0.25, 0.3) is 0 Å². The zero-order chi connectivity index (χ0) is 11.4. The van der Waals surface area contributed by atoms with E-state index in [1.165, 1.54) is 23.1 Å². The van der Waals surface area contributed by atoms with Crippen LogP contribution in [0, 0.1) is 0 Å². The van der Waals surface area contributed by atoms with Crippen LogP contribution in [0.4, 0.5) is 5.69 Å². The molecule has 1 heterocycles. The van der Waals surface area contributed by atoms with Crippen LogP contribution in [0.2, 0.25) is 0 Å². The van der Waals surface area contributed by atoms with E-state index in [0.717, 1.165) is 4.21 Å². The number of thiophene rings is 1. The van der Waals surface area contributed by atoms with E-state index in [1.807, 2.05) is 13.2 Å². The molecule has 0 aliphatic carbocycles. The normalized spacial score (nSPS) is 10.1. The smallest absolute Gasteiger partial charge is 0.263 e. The number of methoxy groups -OCH3 is 1. The number of rotatable bonds is 4. The standard InChI is InChI=1S/C9H14N2O2S2/c1-4-11-8(12)7-5(10)6(13-2)9(14-3)15-7/h4,10H2,1-3H3,(H,11,12). The largest absolute Gasteiger partial charge is 0.492 e. The van der Waals surface area contributed by atoms with Gasteiger partial charge in [-0.3, -0.25) is 4.79 Å². The molecule has 0 atom stereocenters. The Hall–Kier alpha value is -0.880. The van der Waals surface area contributed by atoms with Crippen LogP contribution in [-0.2, 0) is 0 Å². The molecule has 3 N–H and O–H groups in total. The van der Waals surface area contributed by atoms with Crippen LogP contribution < -0.4 is 15.8 Å². The van der Waals surface area contributed by atoms with E-state index < -0.39 is 0 Å². The average molecular weight is 246 g/mol. The number of hydrogen-bond donors (Lipinski definition) is 2. The predicted octanol–water partition coefficient (Wildman–Crippen LogP) is 1.81. The monoisotopic (exact) mass is 246 g/mol. The van der Waals surface area contributed by atoms with Crippen molar-refractivity contribution in [2.45, 2.75) is 11.1 Å². The van der Waals surface area contributed by atoms with E-state index in [4.69, 9.17) is 10.5 Å². The van der Waals surface area contributed by atoms with Crippen LogP contribution in [0.3, 0.4) is 0 Å². The van der Waals surface area contributed by atoms with Gasteiger partial charge in [0, 0.05) is 6.54 Å². The van der Waals surface area contributed by atoms with Crippen molar-refractivity contribution in [1.29, 1.82) is 0 Å². The highest BCUT2D eigenvalue weighted by molar-refractivity contribution is 8.00. The predicted molar refractivity (Wildman–Crippen MR) is 65.1 cm³/mol. The second kappa shape index (κ2) is 5.27. The number of carbonyl (C=O) groups is 1. The molecule has 1 aromatic heterocycles. The first-order valence-corrected chi connectivity index (χ1v) is 6.48. The number of carbonyl (C=O) groups excluding carboxylic acids is 1. The molecule has 0 fully saturated rings. The maximum Gasteiger partial charge on any atom is 0.263 e. The van der Waals surface area contributed by atoms with Gasteiger partial charge in [-0.25, -0.2) is 0 Å². The summed E-state index contributed by atoms with van der Waals surface area (Å²) in [6.45, 7) is 2.46. The third-order valence-corrected chi connectivity index (χ3v) is 4.09. The second-order valence-electron chi connectivity index (χ2n) is 2.73. The molecule has 0 aliphatic rings. The number of amides is 1. The molecule has 1 amide bonds. The van der Waals surface area contributed by atoms with Gasteiger partial charge in [0.15, 0.2) is 5.75 Å². The highest BCUT2D eigenvalue weighted by Crippen LogP contribution is 2.43. The highest BCUT2D eigenvalue weighted by Gasteiger charge is 2.20. The van der Waals surface area contributed by atoms with Crippen LogP contribution in [0.15, 0.2) is 4.21 Å². The Morgan fingerprint density at radius 1 is 1.67 bits per heavy atom. The fourth-order valence-electron chi connectivity index (χ4n) is 1.14. The van der Waals surface area contributed by atoms with Crippen LogP contribution in [0.5, 0.6) is 5.75 Å². The van der Waals surface area contributed by atoms with Gasteiger partial charge in [-0.15, -0.1) is 23.1 Å². The molecule has 1 aromatic rings. The number of thioether (sulfide) groups is 1. The van der Waals surface area contributed by atoms with E-state index >= 15 is 0 Å². The molecule has 0 unspecified atom stereocenters. The molecular weight excluding hydrogens is 232 g/mol. The first-order valence-electron chi connectivity index (χ1n) is 4.44. The van der Waals surface area contributed by atoms with Gasteiger partial charge in [0.25, 0.3) is 5.91 Å². The Kier molecular flexibility index (Phi) is 4.28. The molecule has 0 spiro atoms. The number of nitrogen functional groups attached to an aromatic ring is 1. The Morgan fingerprint density at radius 3 is 2.73 bits per heavy atom. The third-order valence-electron chi connectivity index (χ3n) is 1.80. The lowest BCUT2D eigenvalue weighted by atomic mass is 10.3. The van der Waals surface area contributed by atoms with Crippen molar-refractivity contribution in [3.8, 4) is 5.75 Å². The lowest BCUT2D eigenvalue weighted by Crippen LogP contribution is -2.22. The quantitative estimate of drug-likeness (QED) is 0.795. The van der Waals surface area contributed by atoms with E-state index in [0.29, 0.717) is 22.9 Å². The van der Waals surface area contributed by atoms with Gasteiger partial charge in [-0.1, -0.05) is 0 Å². The van der Waals surface area contributed by atoms with Gasteiger partial charge in [-0.2, -0.15) is 0 Å². The number of ether oxygens (including phenoxy) is 1. The van der Waals surface area contributed by atoms with Crippen LogP contribution >= 0.6 is 23.1 Å². The van der Waals surface area contributed by atoms with Crippen molar-refractivity contribution in [2.75, 3.05) is 25.6 Å². The summed E-state index contributed by atoms with van der Waals surface area (Å²) in [7, 11) is 1.56. The first-order chi connectivity index (χ1) is 7.15. The van der Waals surface area contributed by atoms with E-state index in [1.54, 1.807) is 7.11 Å². The van der Waals surface area contributed by atoms with Gasteiger partial charge in [-0.05, 0) is 13.2 Å². The zero-order valence-electron chi connectivity index (χ0n) is 8.92. The molecule has 0 aliphatic heterocycles. The summed E-state index contributed by atoms with van der Waals surface area (Å²) in [6.07, 6.45) is 1.93. The fourth-order valence-corrected chi connectivity index (χ4v) is 2.95. The summed E-state index contributed by atoms with van der Waals surface area (Å²) < 4.78 is 6.09. The van der Waals surface area contributed by atoms with Crippen LogP contribution in [-0.4, -0.2) is 25.8 Å². The van der Waals surface area contributed by atoms with Gasteiger partial charge in [0.2, 0.25) is 0 Å². The Bertz CT molecular complexity index is 363. The second-order valence-corrected chi connectivity index (χ2v) is 4.82. The maximum absolute atomic E-state index is 11.6. The number of anilines is 1. The molecule has 6 heteroatoms. The summed E-state index contributed by atoms with van der Waals surface area (Å²) in [4.78, 5) is 12.1. The first kappa shape index (κ1) is 12.2. The SMILES string of the molecule is CCNC(=O)c1sc(SC)c(OC)c1N. The van der Waals surface area contributed by atoms with Crippen LogP contribution in [0.1, 0.15) is 16.6 Å². The van der Waals surface area contributed by atoms with E-state index in [9.17, 15) is 4.79 Å². The van der Waals surface area contributed by atoms with Gasteiger partial charge >= 0.3 is 0 Å². The molecular formula is C9H14N2O2S2. The fraction of sp³-hybridized carbons (Fsp3) is 0.444. The zero-order valence-corrected chi connectivity index (χ0v) is 10.6. The van der Waals surface area contributed by atoms with Gasteiger partial charge in [0.1, 0.15) is 9.09 Å². The van der Waals surface area contributed by atoms with Crippen molar-refractivity contribution >= 4 is 34.7 Å². The Morgan fingerprint density at radius 2 is 2.33 bits per heavy atom.